The van der Waals surface area contributed by atoms with E-state index in [0.717, 1.165) is 25.9 Å². The first-order chi connectivity index (χ1) is 11.1. The van der Waals surface area contributed by atoms with Gasteiger partial charge in [-0.3, -0.25) is 4.79 Å². The SMILES string of the molecule is Cl.NC1CCN(C(=O)CCc2ccc(-c3ccccc3F)o2)CC1. The van der Waals surface area contributed by atoms with E-state index in [1.54, 1.807) is 30.3 Å². The molecule has 0 spiro atoms. The molecular formula is C18H22ClFN2O2. The smallest absolute Gasteiger partial charge is 0.223 e. The zero-order valence-corrected chi connectivity index (χ0v) is 14.2. The van der Waals surface area contributed by atoms with Crippen LogP contribution in [-0.4, -0.2) is 29.9 Å². The standard InChI is InChI=1S/C18H21FN2O2.ClH/c19-16-4-2-1-3-15(16)17-7-5-14(23-17)6-8-18(22)21-11-9-13(20)10-12-21;/h1-5,7,13H,6,8-12,20H2;1H. The predicted molar refractivity (Wildman–Crippen MR) is 93.5 cm³/mol. The first-order valence-corrected chi connectivity index (χ1v) is 8.00. The molecule has 0 unspecified atom stereocenters. The average Bonchev–Trinajstić information content (AvgIpc) is 3.02. The van der Waals surface area contributed by atoms with Crippen LogP contribution < -0.4 is 5.73 Å². The summed E-state index contributed by atoms with van der Waals surface area (Å²) in [7, 11) is 0. The van der Waals surface area contributed by atoms with Crippen molar-refractivity contribution in [2.75, 3.05) is 13.1 Å². The van der Waals surface area contributed by atoms with Gasteiger partial charge in [0.05, 0.1) is 5.56 Å². The Hall–Kier alpha value is -1.85. The molecular weight excluding hydrogens is 331 g/mol. The quantitative estimate of drug-likeness (QED) is 0.917. The maximum atomic E-state index is 13.7. The summed E-state index contributed by atoms with van der Waals surface area (Å²) in [6.45, 7) is 1.47. The van der Waals surface area contributed by atoms with Gasteiger partial charge < -0.3 is 15.1 Å². The normalized spacial score (nSPS) is 15.2. The lowest BCUT2D eigenvalue weighted by molar-refractivity contribution is -0.132. The second-order valence-corrected chi connectivity index (χ2v) is 5.96. The topological polar surface area (TPSA) is 59.5 Å². The van der Waals surface area contributed by atoms with Gasteiger partial charge in [0.2, 0.25) is 5.91 Å². The highest BCUT2D eigenvalue weighted by atomic mass is 35.5. The minimum atomic E-state index is -0.311. The summed E-state index contributed by atoms with van der Waals surface area (Å²) < 4.78 is 19.4. The third-order valence-electron chi connectivity index (χ3n) is 4.28. The largest absolute Gasteiger partial charge is 0.461 e. The number of carbonyl (C=O) groups is 1. The summed E-state index contributed by atoms with van der Waals surface area (Å²) >= 11 is 0. The van der Waals surface area contributed by atoms with Crippen molar-refractivity contribution >= 4 is 18.3 Å². The summed E-state index contributed by atoms with van der Waals surface area (Å²) in [6, 6.07) is 10.3. The van der Waals surface area contributed by atoms with E-state index in [4.69, 9.17) is 10.2 Å². The molecule has 1 aliphatic rings. The van der Waals surface area contributed by atoms with Crippen molar-refractivity contribution in [2.24, 2.45) is 5.73 Å². The Morgan fingerprint density at radius 1 is 1.21 bits per heavy atom. The zero-order valence-electron chi connectivity index (χ0n) is 13.4. The average molecular weight is 353 g/mol. The summed E-state index contributed by atoms with van der Waals surface area (Å²) in [4.78, 5) is 14.1. The first kappa shape index (κ1) is 18.5. The maximum Gasteiger partial charge on any atom is 0.223 e. The number of hydrogen-bond donors (Lipinski definition) is 1. The second kappa shape index (κ2) is 8.31. The van der Waals surface area contributed by atoms with E-state index < -0.39 is 0 Å². The van der Waals surface area contributed by atoms with E-state index in [2.05, 4.69) is 0 Å². The molecule has 1 amide bonds. The van der Waals surface area contributed by atoms with Gasteiger partial charge in [0.25, 0.3) is 0 Å². The molecule has 0 aliphatic carbocycles. The number of nitrogens with zero attached hydrogens (tertiary/aromatic N) is 1. The maximum absolute atomic E-state index is 13.7. The molecule has 130 valence electrons. The van der Waals surface area contributed by atoms with Crippen LogP contribution in [0.15, 0.2) is 40.8 Å². The van der Waals surface area contributed by atoms with Gasteiger partial charge in [0.15, 0.2) is 0 Å². The van der Waals surface area contributed by atoms with Crippen LogP contribution in [0, 0.1) is 5.82 Å². The van der Waals surface area contributed by atoms with Crippen LogP contribution in [0.4, 0.5) is 4.39 Å². The minimum Gasteiger partial charge on any atom is -0.461 e. The molecule has 2 N–H and O–H groups in total. The Morgan fingerprint density at radius 2 is 1.92 bits per heavy atom. The van der Waals surface area contributed by atoms with Gasteiger partial charge in [-0.25, -0.2) is 4.39 Å². The van der Waals surface area contributed by atoms with Gasteiger partial charge in [-0.2, -0.15) is 0 Å². The number of benzene rings is 1. The van der Waals surface area contributed by atoms with Crippen LogP contribution in [-0.2, 0) is 11.2 Å². The Morgan fingerprint density at radius 3 is 2.62 bits per heavy atom. The molecule has 2 aromatic rings. The number of nitrogens with two attached hydrogens (primary N) is 1. The number of furan rings is 1. The zero-order chi connectivity index (χ0) is 16.2. The summed E-state index contributed by atoms with van der Waals surface area (Å²) in [5.41, 5.74) is 6.29. The van der Waals surface area contributed by atoms with Crippen molar-refractivity contribution in [2.45, 2.75) is 31.7 Å². The van der Waals surface area contributed by atoms with Crippen LogP contribution in [0.5, 0.6) is 0 Å². The Bertz CT molecular complexity index is 681. The molecule has 1 aromatic carbocycles. The number of aryl methyl sites for hydroxylation is 1. The van der Waals surface area contributed by atoms with Crippen LogP contribution in [0.1, 0.15) is 25.0 Å². The van der Waals surface area contributed by atoms with Crippen LogP contribution in [0.25, 0.3) is 11.3 Å². The molecule has 24 heavy (non-hydrogen) atoms. The van der Waals surface area contributed by atoms with E-state index in [0.29, 0.717) is 29.9 Å². The van der Waals surface area contributed by atoms with E-state index >= 15 is 0 Å². The summed E-state index contributed by atoms with van der Waals surface area (Å²) in [5, 5.41) is 0. The van der Waals surface area contributed by atoms with Gasteiger partial charge in [0, 0.05) is 32.0 Å². The highest BCUT2D eigenvalue weighted by Crippen LogP contribution is 2.25. The molecule has 0 radical (unpaired) electrons. The molecule has 0 saturated carbocycles. The molecule has 1 saturated heterocycles. The van der Waals surface area contributed by atoms with Crippen molar-refractivity contribution in [1.82, 2.24) is 4.90 Å². The van der Waals surface area contributed by atoms with Crippen LogP contribution >= 0.6 is 12.4 Å². The van der Waals surface area contributed by atoms with Crippen LogP contribution in [0.3, 0.4) is 0 Å². The highest BCUT2D eigenvalue weighted by Gasteiger charge is 2.20. The van der Waals surface area contributed by atoms with Crippen molar-refractivity contribution in [3.8, 4) is 11.3 Å². The lowest BCUT2D eigenvalue weighted by Crippen LogP contribution is -2.42. The molecule has 1 aliphatic heterocycles. The molecule has 1 fully saturated rings. The lowest BCUT2D eigenvalue weighted by Gasteiger charge is -2.30. The number of amides is 1. The molecule has 3 rings (SSSR count). The van der Waals surface area contributed by atoms with E-state index in [1.807, 2.05) is 4.90 Å². The molecule has 2 heterocycles. The second-order valence-electron chi connectivity index (χ2n) is 5.96. The van der Waals surface area contributed by atoms with Crippen molar-refractivity contribution in [3.63, 3.8) is 0 Å². The Kier molecular flexibility index (Phi) is 6.40. The summed E-state index contributed by atoms with van der Waals surface area (Å²) in [5.74, 6) is 1.01. The Balaban J connectivity index is 0.00000208. The number of hydrogen-bond acceptors (Lipinski definition) is 3. The first-order valence-electron chi connectivity index (χ1n) is 8.00. The predicted octanol–water partition coefficient (Wildman–Crippen LogP) is 3.39. The third-order valence-corrected chi connectivity index (χ3v) is 4.28. The number of halogens is 2. The third kappa shape index (κ3) is 4.36. The summed E-state index contributed by atoms with van der Waals surface area (Å²) in [6.07, 6.45) is 2.66. The number of carbonyl (C=O) groups excluding carboxylic acids is 1. The van der Waals surface area contributed by atoms with Gasteiger partial charge in [-0.15, -0.1) is 12.4 Å². The molecule has 0 atom stereocenters. The number of rotatable bonds is 4. The van der Waals surface area contributed by atoms with Crippen molar-refractivity contribution in [3.05, 3.63) is 48.0 Å². The van der Waals surface area contributed by atoms with Gasteiger partial charge >= 0.3 is 0 Å². The fourth-order valence-electron chi connectivity index (χ4n) is 2.86. The molecule has 0 bridgehead atoms. The van der Waals surface area contributed by atoms with Gasteiger partial charge in [0.1, 0.15) is 17.3 Å². The van der Waals surface area contributed by atoms with Crippen LogP contribution in [0.2, 0.25) is 0 Å². The number of piperidine rings is 1. The molecule has 1 aromatic heterocycles. The fraction of sp³-hybridized carbons (Fsp3) is 0.389. The number of likely N-dealkylation sites (tertiary alicyclic amines) is 1. The van der Waals surface area contributed by atoms with E-state index in [1.165, 1.54) is 6.07 Å². The molecule has 6 heteroatoms. The van der Waals surface area contributed by atoms with Crippen molar-refractivity contribution < 1.29 is 13.6 Å². The highest BCUT2D eigenvalue weighted by molar-refractivity contribution is 5.85. The van der Waals surface area contributed by atoms with Gasteiger partial charge in [-0.1, -0.05) is 12.1 Å². The molecule has 4 nitrogen and oxygen atoms in total. The fourth-order valence-corrected chi connectivity index (χ4v) is 2.86. The lowest BCUT2D eigenvalue weighted by atomic mass is 10.1. The van der Waals surface area contributed by atoms with Crippen molar-refractivity contribution in [1.29, 1.82) is 0 Å². The van der Waals surface area contributed by atoms with Gasteiger partial charge in [-0.05, 0) is 37.1 Å². The van der Waals surface area contributed by atoms with E-state index in [-0.39, 0.29) is 30.2 Å². The minimum absolute atomic E-state index is 0. The Labute approximate surface area is 147 Å². The van der Waals surface area contributed by atoms with E-state index in [9.17, 15) is 9.18 Å². The monoisotopic (exact) mass is 352 g/mol.